The third kappa shape index (κ3) is 4.04. The average molecular weight is 384 g/mol. The van der Waals surface area contributed by atoms with Gasteiger partial charge in [-0.05, 0) is 37.3 Å². The molecule has 0 aliphatic carbocycles. The van der Waals surface area contributed by atoms with Gasteiger partial charge in [-0.25, -0.2) is 9.48 Å². The van der Waals surface area contributed by atoms with Crippen molar-refractivity contribution >= 4 is 5.97 Å². The predicted molar refractivity (Wildman–Crippen MR) is 112 cm³/mol. The Kier molecular flexibility index (Phi) is 5.12. The first kappa shape index (κ1) is 18.5. The first-order chi connectivity index (χ1) is 14.1. The Hall–Kier alpha value is -3.86. The molecule has 0 spiro atoms. The zero-order valence-electron chi connectivity index (χ0n) is 16.2. The number of nitrogens with zero attached hydrogens (tertiary/aromatic N) is 2. The van der Waals surface area contributed by atoms with Crippen LogP contribution in [0.2, 0.25) is 0 Å². The number of ether oxygens (including phenoxy) is 2. The number of hydrogen-bond donors (Lipinski definition) is 0. The van der Waals surface area contributed by atoms with Crippen molar-refractivity contribution in [2.45, 2.75) is 6.92 Å². The summed E-state index contributed by atoms with van der Waals surface area (Å²) in [5.74, 6) is 0.466. The van der Waals surface area contributed by atoms with Crippen LogP contribution >= 0.6 is 0 Å². The molecule has 0 unspecified atom stereocenters. The zero-order chi connectivity index (χ0) is 20.2. The number of carbonyl (C=O) groups is 1. The van der Waals surface area contributed by atoms with Gasteiger partial charge in [-0.1, -0.05) is 54.1 Å². The molecule has 0 N–H and O–H groups in total. The molecule has 4 aromatic rings. The Morgan fingerprint density at radius 2 is 1.66 bits per heavy atom. The third-order valence-electron chi connectivity index (χ3n) is 4.53. The highest BCUT2D eigenvalue weighted by Gasteiger charge is 2.17. The minimum Gasteiger partial charge on any atom is -0.497 e. The lowest BCUT2D eigenvalue weighted by Gasteiger charge is -2.09. The number of aromatic nitrogens is 2. The van der Waals surface area contributed by atoms with Crippen molar-refractivity contribution in [1.29, 1.82) is 0 Å². The summed E-state index contributed by atoms with van der Waals surface area (Å²) in [6.07, 6.45) is 0. The van der Waals surface area contributed by atoms with Gasteiger partial charge in [0, 0.05) is 11.6 Å². The molecule has 5 nitrogen and oxygen atoms in total. The number of carbonyl (C=O) groups excluding carboxylic acids is 1. The number of rotatable bonds is 5. The van der Waals surface area contributed by atoms with E-state index in [1.54, 1.807) is 42.1 Å². The fraction of sp³-hybridized carbons (Fsp3) is 0.0833. The largest absolute Gasteiger partial charge is 0.497 e. The molecular formula is C24H20N2O3. The summed E-state index contributed by atoms with van der Waals surface area (Å²) in [6.45, 7) is 2.02. The van der Waals surface area contributed by atoms with E-state index in [-0.39, 0.29) is 0 Å². The van der Waals surface area contributed by atoms with Gasteiger partial charge in [0.25, 0.3) is 0 Å². The summed E-state index contributed by atoms with van der Waals surface area (Å²) in [7, 11) is 1.56. The smallest absolute Gasteiger partial charge is 0.344 e. The topological polar surface area (TPSA) is 53.4 Å². The molecule has 1 aromatic heterocycles. The normalized spacial score (nSPS) is 10.6. The molecule has 144 valence electrons. The van der Waals surface area contributed by atoms with Crippen molar-refractivity contribution < 1.29 is 14.3 Å². The van der Waals surface area contributed by atoms with Gasteiger partial charge in [-0.3, -0.25) is 0 Å². The Balaban J connectivity index is 1.73. The Morgan fingerprint density at radius 3 is 2.38 bits per heavy atom. The van der Waals surface area contributed by atoms with Crippen molar-refractivity contribution in [2.24, 2.45) is 0 Å². The number of esters is 1. The van der Waals surface area contributed by atoms with Gasteiger partial charge >= 0.3 is 5.97 Å². The Bertz CT molecular complexity index is 1130. The van der Waals surface area contributed by atoms with Crippen LogP contribution in [0.1, 0.15) is 15.9 Å². The second-order valence-corrected chi connectivity index (χ2v) is 6.60. The van der Waals surface area contributed by atoms with E-state index in [2.05, 4.69) is 5.10 Å². The van der Waals surface area contributed by atoms with E-state index in [9.17, 15) is 4.79 Å². The standard InChI is InChI=1S/C24H20N2O3/c1-17-11-13-20(14-12-17)26-23(16-22(25-26)18-7-4-3-5-8-18)29-24(27)19-9-6-10-21(15-19)28-2/h3-16H,1-2H3. The number of hydrogen-bond acceptors (Lipinski definition) is 4. The van der Waals surface area contributed by atoms with Crippen LogP contribution in [0.25, 0.3) is 16.9 Å². The maximum Gasteiger partial charge on any atom is 0.344 e. The highest BCUT2D eigenvalue weighted by atomic mass is 16.5. The van der Waals surface area contributed by atoms with Gasteiger partial charge in [-0.2, -0.15) is 5.10 Å². The molecule has 5 heteroatoms. The summed E-state index contributed by atoms with van der Waals surface area (Å²) >= 11 is 0. The van der Waals surface area contributed by atoms with Crippen LogP contribution in [0.4, 0.5) is 0 Å². The van der Waals surface area contributed by atoms with E-state index >= 15 is 0 Å². The molecule has 0 fully saturated rings. The van der Waals surface area contributed by atoms with Gasteiger partial charge in [0.2, 0.25) is 5.88 Å². The minimum atomic E-state index is -0.475. The molecule has 0 aliphatic heterocycles. The summed E-state index contributed by atoms with van der Waals surface area (Å²) in [4.78, 5) is 12.7. The molecule has 1 heterocycles. The van der Waals surface area contributed by atoms with Gasteiger partial charge in [-0.15, -0.1) is 0 Å². The maximum atomic E-state index is 12.7. The lowest BCUT2D eigenvalue weighted by atomic mass is 10.2. The zero-order valence-corrected chi connectivity index (χ0v) is 16.2. The Labute approximate surface area is 169 Å². The van der Waals surface area contributed by atoms with Crippen molar-refractivity contribution in [2.75, 3.05) is 7.11 Å². The van der Waals surface area contributed by atoms with Gasteiger partial charge < -0.3 is 9.47 Å². The van der Waals surface area contributed by atoms with Gasteiger partial charge in [0.05, 0.1) is 24.1 Å². The van der Waals surface area contributed by atoms with Crippen LogP contribution in [0, 0.1) is 6.92 Å². The molecule has 0 saturated carbocycles. The summed E-state index contributed by atoms with van der Waals surface area (Å²) < 4.78 is 12.6. The fourth-order valence-electron chi connectivity index (χ4n) is 2.96. The van der Waals surface area contributed by atoms with Gasteiger partial charge in [0.15, 0.2) is 0 Å². The number of benzene rings is 3. The summed E-state index contributed by atoms with van der Waals surface area (Å²) in [5, 5.41) is 4.68. The lowest BCUT2D eigenvalue weighted by Crippen LogP contribution is -2.11. The molecular weight excluding hydrogens is 364 g/mol. The first-order valence-electron chi connectivity index (χ1n) is 9.23. The monoisotopic (exact) mass is 384 g/mol. The minimum absolute atomic E-state index is 0.348. The lowest BCUT2D eigenvalue weighted by molar-refractivity contribution is 0.0722. The average Bonchev–Trinajstić information content (AvgIpc) is 3.18. The summed E-state index contributed by atoms with van der Waals surface area (Å²) in [6, 6.07) is 26.3. The molecule has 0 saturated heterocycles. The molecule has 4 rings (SSSR count). The summed E-state index contributed by atoms with van der Waals surface area (Å²) in [5.41, 5.74) is 4.02. The van der Waals surface area contributed by atoms with Crippen LogP contribution in [0.3, 0.4) is 0 Å². The van der Waals surface area contributed by atoms with E-state index in [1.165, 1.54) is 0 Å². The molecule has 0 amide bonds. The molecule has 0 radical (unpaired) electrons. The van der Waals surface area contributed by atoms with E-state index in [4.69, 9.17) is 9.47 Å². The van der Waals surface area contributed by atoms with Crippen LogP contribution in [-0.2, 0) is 0 Å². The molecule has 0 aliphatic rings. The van der Waals surface area contributed by atoms with Gasteiger partial charge in [0.1, 0.15) is 5.75 Å². The van der Waals surface area contributed by atoms with Crippen LogP contribution in [-0.4, -0.2) is 22.9 Å². The number of methoxy groups -OCH3 is 1. The molecule has 29 heavy (non-hydrogen) atoms. The molecule has 0 bridgehead atoms. The Morgan fingerprint density at radius 1 is 0.897 bits per heavy atom. The second-order valence-electron chi connectivity index (χ2n) is 6.60. The fourth-order valence-corrected chi connectivity index (χ4v) is 2.96. The third-order valence-corrected chi connectivity index (χ3v) is 4.53. The highest BCUT2D eigenvalue weighted by Crippen LogP contribution is 2.27. The van der Waals surface area contributed by atoms with Crippen molar-refractivity contribution in [3.05, 3.63) is 96.1 Å². The maximum absolute atomic E-state index is 12.7. The van der Waals surface area contributed by atoms with E-state index in [0.29, 0.717) is 17.2 Å². The van der Waals surface area contributed by atoms with Crippen LogP contribution in [0.5, 0.6) is 11.6 Å². The number of aryl methyl sites for hydroxylation is 1. The quantitative estimate of drug-likeness (QED) is 0.451. The van der Waals surface area contributed by atoms with E-state index in [0.717, 1.165) is 22.5 Å². The highest BCUT2D eigenvalue weighted by molar-refractivity contribution is 5.91. The predicted octanol–water partition coefficient (Wildman–Crippen LogP) is 5.08. The van der Waals surface area contributed by atoms with Crippen molar-refractivity contribution in [3.8, 4) is 28.6 Å². The second kappa shape index (κ2) is 8.02. The van der Waals surface area contributed by atoms with E-state index < -0.39 is 5.97 Å². The first-order valence-corrected chi connectivity index (χ1v) is 9.23. The molecule has 0 atom stereocenters. The van der Waals surface area contributed by atoms with Crippen molar-refractivity contribution in [3.63, 3.8) is 0 Å². The SMILES string of the molecule is COc1cccc(C(=O)Oc2cc(-c3ccccc3)nn2-c2ccc(C)cc2)c1. The van der Waals surface area contributed by atoms with E-state index in [1.807, 2.05) is 61.5 Å². The van der Waals surface area contributed by atoms with Crippen molar-refractivity contribution in [1.82, 2.24) is 9.78 Å². The molecule has 3 aromatic carbocycles. The van der Waals surface area contributed by atoms with Crippen LogP contribution in [0.15, 0.2) is 84.9 Å². The van der Waals surface area contributed by atoms with Crippen LogP contribution < -0.4 is 9.47 Å².